The van der Waals surface area contributed by atoms with Crippen molar-refractivity contribution in [3.63, 3.8) is 0 Å². The molecule has 26 heavy (non-hydrogen) atoms. The number of hydrogen-bond acceptors (Lipinski definition) is 3. The van der Waals surface area contributed by atoms with Crippen LogP contribution in [0.3, 0.4) is 0 Å². The Morgan fingerprint density at radius 1 is 1.19 bits per heavy atom. The number of piperidine rings is 1. The lowest BCUT2D eigenvalue weighted by Gasteiger charge is -2.22. The second-order valence-electron chi connectivity index (χ2n) is 6.83. The van der Waals surface area contributed by atoms with E-state index in [1.165, 1.54) is 16.3 Å². The summed E-state index contributed by atoms with van der Waals surface area (Å²) < 4.78 is 1.92. The summed E-state index contributed by atoms with van der Waals surface area (Å²) in [6.07, 6.45) is 4.98. The summed E-state index contributed by atoms with van der Waals surface area (Å²) in [7, 11) is 0. The van der Waals surface area contributed by atoms with Crippen LogP contribution in [0.15, 0.2) is 54.7 Å². The van der Waals surface area contributed by atoms with E-state index in [4.69, 9.17) is 0 Å². The van der Waals surface area contributed by atoms with Crippen LogP contribution in [-0.2, 0) is 6.42 Å². The van der Waals surface area contributed by atoms with Crippen LogP contribution in [0.5, 0.6) is 0 Å². The minimum atomic E-state index is -0.104. The predicted molar refractivity (Wildman–Crippen MR) is 103 cm³/mol. The van der Waals surface area contributed by atoms with Gasteiger partial charge in [-0.2, -0.15) is 5.10 Å². The third-order valence-electron chi connectivity index (χ3n) is 5.05. The normalized spacial score (nSPS) is 17.3. The zero-order valence-electron chi connectivity index (χ0n) is 14.8. The zero-order chi connectivity index (χ0) is 17.8. The van der Waals surface area contributed by atoms with Gasteiger partial charge in [0.05, 0.1) is 6.04 Å². The predicted octanol–water partition coefficient (Wildman–Crippen LogP) is 2.93. The molecule has 0 bridgehead atoms. The first-order valence-corrected chi connectivity index (χ1v) is 9.32. The molecule has 1 fully saturated rings. The highest BCUT2D eigenvalue weighted by Gasteiger charge is 2.17. The van der Waals surface area contributed by atoms with E-state index in [9.17, 15) is 4.79 Å². The summed E-state index contributed by atoms with van der Waals surface area (Å²) in [5.74, 6) is -0.104. The van der Waals surface area contributed by atoms with Gasteiger partial charge < -0.3 is 10.6 Å². The molecule has 0 saturated carbocycles. The maximum atomic E-state index is 12.4. The Morgan fingerprint density at radius 3 is 2.96 bits per heavy atom. The first-order valence-electron chi connectivity index (χ1n) is 9.32. The number of benzene rings is 2. The van der Waals surface area contributed by atoms with Crippen molar-refractivity contribution in [1.29, 1.82) is 0 Å². The molecular formula is C21H24N4O. The van der Waals surface area contributed by atoms with E-state index >= 15 is 0 Å². The number of aromatic nitrogens is 2. The highest BCUT2D eigenvalue weighted by Crippen LogP contribution is 2.19. The van der Waals surface area contributed by atoms with Crippen LogP contribution in [-0.4, -0.2) is 35.3 Å². The Hall–Kier alpha value is -2.66. The molecule has 2 N–H and O–H groups in total. The van der Waals surface area contributed by atoms with E-state index < -0.39 is 0 Å². The zero-order valence-corrected chi connectivity index (χ0v) is 14.8. The summed E-state index contributed by atoms with van der Waals surface area (Å²) in [4.78, 5) is 12.4. The largest absolute Gasteiger partial charge is 0.350 e. The number of carbonyl (C=O) groups is 1. The molecule has 1 unspecified atom stereocenters. The number of hydrogen-bond donors (Lipinski definition) is 2. The number of nitrogens with one attached hydrogen (secondary N) is 2. The fourth-order valence-electron chi connectivity index (χ4n) is 3.63. The van der Waals surface area contributed by atoms with Crippen molar-refractivity contribution in [1.82, 2.24) is 20.4 Å². The molecule has 0 radical (unpaired) electrons. The van der Waals surface area contributed by atoms with Crippen LogP contribution in [0.25, 0.3) is 10.8 Å². The molecule has 1 aliphatic rings. The van der Waals surface area contributed by atoms with Gasteiger partial charge in [0.1, 0.15) is 5.69 Å². The van der Waals surface area contributed by atoms with E-state index in [0.29, 0.717) is 18.3 Å². The average Bonchev–Trinajstić information content (AvgIpc) is 3.19. The lowest BCUT2D eigenvalue weighted by molar-refractivity contribution is 0.0948. The molecule has 1 atom stereocenters. The number of rotatable bonds is 5. The van der Waals surface area contributed by atoms with E-state index in [1.54, 1.807) is 0 Å². The van der Waals surface area contributed by atoms with Crippen molar-refractivity contribution in [2.24, 2.45) is 0 Å². The van der Waals surface area contributed by atoms with Crippen LogP contribution in [0.4, 0.5) is 0 Å². The average molecular weight is 348 g/mol. The van der Waals surface area contributed by atoms with E-state index in [1.807, 2.05) is 23.0 Å². The number of amides is 1. The third-order valence-corrected chi connectivity index (χ3v) is 5.05. The molecule has 1 amide bonds. The monoisotopic (exact) mass is 348 g/mol. The fourth-order valence-corrected chi connectivity index (χ4v) is 3.63. The second kappa shape index (κ2) is 7.70. The summed E-state index contributed by atoms with van der Waals surface area (Å²) >= 11 is 0. The van der Waals surface area contributed by atoms with Crippen molar-refractivity contribution in [2.75, 3.05) is 19.6 Å². The minimum absolute atomic E-state index is 0.104. The standard InChI is InChI=1S/C21H24N4O/c26-21(20-11-14-25(24-20)18-8-4-12-22-15-18)23-13-10-17-7-3-6-16-5-1-2-9-19(16)17/h1-3,5-7,9,11,14,18,22H,4,8,10,12-13,15H2,(H,23,26). The van der Waals surface area contributed by atoms with E-state index in [2.05, 4.69) is 52.1 Å². The lowest BCUT2D eigenvalue weighted by Crippen LogP contribution is -2.32. The quantitative estimate of drug-likeness (QED) is 0.745. The third kappa shape index (κ3) is 3.63. The molecule has 4 rings (SSSR count). The van der Waals surface area contributed by atoms with Gasteiger partial charge in [0.25, 0.3) is 5.91 Å². The van der Waals surface area contributed by atoms with Gasteiger partial charge in [-0.3, -0.25) is 9.48 Å². The molecule has 1 saturated heterocycles. The van der Waals surface area contributed by atoms with Crippen LogP contribution in [0.2, 0.25) is 0 Å². The SMILES string of the molecule is O=C(NCCc1cccc2ccccc12)c1ccn(C2CCCNC2)n1. The van der Waals surface area contributed by atoms with Gasteiger partial charge in [-0.1, -0.05) is 42.5 Å². The van der Waals surface area contributed by atoms with Crippen molar-refractivity contribution in [3.8, 4) is 0 Å². The minimum Gasteiger partial charge on any atom is -0.350 e. The van der Waals surface area contributed by atoms with Crippen LogP contribution in [0.1, 0.15) is 34.9 Å². The molecular weight excluding hydrogens is 324 g/mol. The molecule has 1 aromatic heterocycles. The second-order valence-corrected chi connectivity index (χ2v) is 6.83. The van der Waals surface area contributed by atoms with Gasteiger partial charge in [0.15, 0.2) is 0 Å². The van der Waals surface area contributed by atoms with Gasteiger partial charge in [0.2, 0.25) is 0 Å². The van der Waals surface area contributed by atoms with Crippen molar-refractivity contribution < 1.29 is 4.79 Å². The molecule has 1 aliphatic heterocycles. The molecule has 5 heteroatoms. The van der Waals surface area contributed by atoms with E-state index in [-0.39, 0.29) is 5.91 Å². The van der Waals surface area contributed by atoms with E-state index in [0.717, 1.165) is 32.4 Å². The van der Waals surface area contributed by atoms with Crippen LogP contribution < -0.4 is 10.6 Å². The highest BCUT2D eigenvalue weighted by molar-refractivity contribution is 5.92. The van der Waals surface area contributed by atoms with Gasteiger partial charge in [-0.25, -0.2) is 0 Å². The summed E-state index contributed by atoms with van der Waals surface area (Å²) in [6.45, 7) is 2.59. The molecule has 3 aromatic rings. The molecule has 2 aromatic carbocycles. The Bertz CT molecular complexity index is 890. The van der Waals surface area contributed by atoms with Crippen molar-refractivity contribution in [2.45, 2.75) is 25.3 Å². The molecule has 2 heterocycles. The lowest BCUT2D eigenvalue weighted by atomic mass is 10.0. The summed E-state index contributed by atoms with van der Waals surface area (Å²) in [5, 5.41) is 13.3. The Morgan fingerprint density at radius 2 is 2.08 bits per heavy atom. The highest BCUT2D eigenvalue weighted by atomic mass is 16.1. The Labute approximate surface area is 153 Å². The molecule has 0 aliphatic carbocycles. The maximum Gasteiger partial charge on any atom is 0.271 e. The summed E-state index contributed by atoms with van der Waals surface area (Å²) in [5.41, 5.74) is 1.75. The van der Waals surface area contributed by atoms with Gasteiger partial charge in [0, 0.05) is 19.3 Å². The molecule has 5 nitrogen and oxygen atoms in total. The Balaban J connectivity index is 1.36. The van der Waals surface area contributed by atoms with Crippen molar-refractivity contribution >= 4 is 16.7 Å². The molecule has 0 spiro atoms. The van der Waals surface area contributed by atoms with Crippen molar-refractivity contribution in [3.05, 3.63) is 66.0 Å². The first kappa shape index (κ1) is 16.8. The van der Waals surface area contributed by atoms with Crippen LogP contribution in [0, 0.1) is 0 Å². The first-order chi connectivity index (χ1) is 12.8. The van der Waals surface area contributed by atoms with Gasteiger partial charge in [-0.05, 0) is 48.2 Å². The number of nitrogens with zero attached hydrogens (tertiary/aromatic N) is 2. The molecule has 134 valence electrons. The summed E-state index contributed by atoms with van der Waals surface area (Å²) in [6, 6.07) is 16.8. The number of fused-ring (bicyclic) bond motifs is 1. The van der Waals surface area contributed by atoms with Crippen LogP contribution >= 0.6 is 0 Å². The Kier molecular flexibility index (Phi) is 4.97. The van der Waals surface area contributed by atoms with Gasteiger partial charge in [-0.15, -0.1) is 0 Å². The van der Waals surface area contributed by atoms with Gasteiger partial charge >= 0.3 is 0 Å². The topological polar surface area (TPSA) is 59.0 Å². The maximum absolute atomic E-state index is 12.4. The number of carbonyl (C=O) groups excluding carboxylic acids is 1. The fraction of sp³-hybridized carbons (Fsp3) is 0.333. The smallest absolute Gasteiger partial charge is 0.271 e.